The van der Waals surface area contributed by atoms with E-state index in [1.807, 2.05) is 0 Å². The van der Waals surface area contributed by atoms with Crippen LogP contribution >= 0.6 is 0 Å². The Kier molecular flexibility index (Phi) is 3.64. The van der Waals surface area contributed by atoms with Gasteiger partial charge < -0.3 is 10.4 Å². The fourth-order valence-corrected chi connectivity index (χ4v) is 1.55. The molecule has 0 aromatic carbocycles. The maximum Gasteiger partial charge on any atom is 0.331 e. The van der Waals surface area contributed by atoms with Gasteiger partial charge in [-0.2, -0.15) is 15.2 Å². The first-order valence-electron chi connectivity index (χ1n) is 5.60. The van der Waals surface area contributed by atoms with Crippen LogP contribution in [0.25, 0.3) is 0 Å². The molecule has 2 heterocycles. The molecule has 0 aliphatic heterocycles. The highest BCUT2D eigenvalue weighted by Gasteiger charge is 2.23. The second kappa shape index (κ2) is 5.38. The summed E-state index contributed by atoms with van der Waals surface area (Å²) in [6.45, 7) is 0. The van der Waals surface area contributed by atoms with Crippen LogP contribution in [-0.4, -0.2) is 41.7 Å². The molecule has 2 amide bonds. The highest BCUT2D eigenvalue weighted by Crippen LogP contribution is 2.12. The Bertz CT molecular complexity index is 632. The SMILES string of the molecule is Cn1cc(C(NC(=O)Nc2ncnn2C)C(=O)O)cn1. The van der Waals surface area contributed by atoms with Crippen LogP contribution in [0.15, 0.2) is 18.7 Å². The van der Waals surface area contributed by atoms with E-state index >= 15 is 0 Å². The van der Waals surface area contributed by atoms with Gasteiger partial charge in [-0.1, -0.05) is 0 Å². The van der Waals surface area contributed by atoms with Gasteiger partial charge in [-0.05, 0) is 0 Å². The number of carboxylic acids is 1. The summed E-state index contributed by atoms with van der Waals surface area (Å²) in [6.07, 6.45) is 4.16. The molecule has 0 spiro atoms. The van der Waals surface area contributed by atoms with Gasteiger partial charge in [0.1, 0.15) is 6.33 Å². The minimum absolute atomic E-state index is 0.206. The number of aliphatic carboxylic acids is 1. The van der Waals surface area contributed by atoms with Gasteiger partial charge in [0.2, 0.25) is 5.95 Å². The van der Waals surface area contributed by atoms with Crippen molar-refractivity contribution < 1.29 is 14.7 Å². The Balaban J connectivity index is 2.07. The van der Waals surface area contributed by atoms with E-state index in [-0.39, 0.29) is 5.95 Å². The fourth-order valence-electron chi connectivity index (χ4n) is 1.55. The number of anilines is 1. The molecular formula is C10H13N7O3. The second-order valence-electron chi connectivity index (χ2n) is 4.02. The molecule has 1 unspecified atom stereocenters. The van der Waals surface area contributed by atoms with Gasteiger partial charge in [-0.15, -0.1) is 0 Å². The summed E-state index contributed by atoms with van der Waals surface area (Å²) < 4.78 is 2.80. The van der Waals surface area contributed by atoms with E-state index in [4.69, 9.17) is 5.11 Å². The molecule has 0 bridgehead atoms. The standard InChI is InChI=1S/C10H13N7O3/c1-16-4-6(3-12-16)7(8(18)19)14-10(20)15-9-11-5-13-17(9)2/h3-5,7H,1-2H3,(H,18,19)(H2,11,13,14,15,20). The summed E-state index contributed by atoms with van der Waals surface area (Å²) >= 11 is 0. The number of urea groups is 1. The molecule has 1 atom stereocenters. The number of aryl methyl sites for hydroxylation is 2. The van der Waals surface area contributed by atoms with Crippen molar-refractivity contribution in [3.05, 3.63) is 24.3 Å². The van der Waals surface area contributed by atoms with Crippen LogP contribution in [0.2, 0.25) is 0 Å². The summed E-state index contributed by atoms with van der Waals surface area (Å²) in [4.78, 5) is 26.8. The third-order valence-corrected chi connectivity index (χ3v) is 2.52. The number of nitrogens with one attached hydrogen (secondary N) is 2. The molecule has 0 saturated heterocycles. The molecule has 0 saturated carbocycles. The molecule has 2 rings (SSSR count). The molecule has 20 heavy (non-hydrogen) atoms. The van der Waals surface area contributed by atoms with Gasteiger partial charge in [0.25, 0.3) is 0 Å². The van der Waals surface area contributed by atoms with Crippen LogP contribution in [0.3, 0.4) is 0 Å². The number of hydrogen-bond acceptors (Lipinski definition) is 5. The highest BCUT2D eigenvalue weighted by molar-refractivity contribution is 5.91. The van der Waals surface area contributed by atoms with Crippen molar-refractivity contribution in [2.75, 3.05) is 5.32 Å². The fraction of sp³-hybridized carbons (Fsp3) is 0.300. The molecular weight excluding hydrogens is 266 g/mol. The number of hydrogen-bond donors (Lipinski definition) is 3. The minimum Gasteiger partial charge on any atom is -0.479 e. The average molecular weight is 279 g/mol. The van der Waals surface area contributed by atoms with E-state index in [9.17, 15) is 9.59 Å². The predicted molar refractivity (Wildman–Crippen MR) is 66.7 cm³/mol. The third-order valence-electron chi connectivity index (χ3n) is 2.52. The molecule has 10 nitrogen and oxygen atoms in total. The van der Waals surface area contributed by atoms with Gasteiger partial charge in [0.15, 0.2) is 6.04 Å². The number of carbonyl (C=O) groups is 2. The molecule has 106 valence electrons. The maximum atomic E-state index is 11.8. The quantitative estimate of drug-likeness (QED) is 0.692. The maximum absolute atomic E-state index is 11.8. The Labute approximate surface area is 113 Å². The minimum atomic E-state index is -1.20. The van der Waals surface area contributed by atoms with Crippen LogP contribution in [0, 0.1) is 0 Å². The average Bonchev–Trinajstić information content (AvgIpc) is 2.96. The van der Waals surface area contributed by atoms with Gasteiger partial charge in [-0.25, -0.2) is 14.3 Å². The van der Waals surface area contributed by atoms with Crippen molar-refractivity contribution >= 4 is 17.9 Å². The van der Waals surface area contributed by atoms with Crippen molar-refractivity contribution in [2.45, 2.75) is 6.04 Å². The smallest absolute Gasteiger partial charge is 0.331 e. The summed E-state index contributed by atoms with van der Waals surface area (Å²) in [5.41, 5.74) is 0.369. The molecule has 0 radical (unpaired) electrons. The van der Waals surface area contributed by atoms with Gasteiger partial charge in [-0.3, -0.25) is 10.00 Å². The topological polar surface area (TPSA) is 127 Å². The lowest BCUT2D eigenvalue weighted by Gasteiger charge is -2.13. The van der Waals surface area contributed by atoms with Crippen molar-refractivity contribution in [1.82, 2.24) is 29.9 Å². The second-order valence-corrected chi connectivity index (χ2v) is 4.02. The van der Waals surface area contributed by atoms with Crippen LogP contribution in [-0.2, 0) is 18.9 Å². The van der Waals surface area contributed by atoms with E-state index in [2.05, 4.69) is 25.8 Å². The van der Waals surface area contributed by atoms with Gasteiger partial charge in [0.05, 0.1) is 6.20 Å². The van der Waals surface area contributed by atoms with E-state index < -0.39 is 18.0 Å². The number of aromatic nitrogens is 5. The first kappa shape index (κ1) is 13.5. The first-order chi connectivity index (χ1) is 9.47. The molecule has 0 aliphatic carbocycles. The third kappa shape index (κ3) is 2.91. The Hall–Kier alpha value is -2.91. The van der Waals surface area contributed by atoms with Crippen molar-refractivity contribution in [3.63, 3.8) is 0 Å². The van der Waals surface area contributed by atoms with E-state index in [0.717, 1.165) is 0 Å². The molecule has 10 heteroatoms. The Morgan fingerprint density at radius 2 is 2.10 bits per heavy atom. The number of nitrogens with zero attached hydrogens (tertiary/aromatic N) is 5. The zero-order chi connectivity index (χ0) is 14.7. The van der Waals surface area contributed by atoms with Crippen LogP contribution in [0.4, 0.5) is 10.7 Å². The van der Waals surface area contributed by atoms with Crippen LogP contribution in [0.5, 0.6) is 0 Å². The molecule has 3 N–H and O–H groups in total. The van der Waals surface area contributed by atoms with Crippen molar-refractivity contribution in [3.8, 4) is 0 Å². The normalized spacial score (nSPS) is 11.9. The summed E-state index contributed by atoms with van der Waals surface area (Å²) in [6, 6.07) is -1.89. The van der Waals surface area contributed by atoms with E-state index in [1.54, 1.807) is 14.1 Å². The molecule has 2 aromatic rings. The Morgan fingerprint density at radius 1 is 1.35 bits per heavy atom. The molecule has 0 aliphatic rings. The molecule has 0 fully saturated rings. The number of rotatable bonds is 4. The number of amides is 2. The summed E-state index contributed by atoms with van der Waals surface area (Å²) in [5, 5.41) is 21.5. The summed E-state index contributed by atoms with van der Waals surface area (Å²) in [5.74, 6) is -0.982. The molecule has 2 aromatic heterocycles. The lowest BCUT2D eigenvalue weighted by atomic mass is 10.2. The van der Waals surface area contributed by atoms with Crippen LogP contribution in [0.1, 0.15) is 11.6 Å². The first-order valence-corrected chi connectivity index (χ1v) is 5.60. The largest absolute Gasteiger partial charge is 0.479 e. The monoisotopic (exact) mass is 279 g/mol. The number of carbonyl (C=O) groups excluding carboxylic acids is 1. The lowest BCUT2D eigenvalue weighted by Crippen LogP contribution is -2.37. The zero-order valence-corrected chi connectivity index (χ0v) is 10.8. The van der Waals surface area contributed by atoms with Gasteiger partial charge >= 0.3 is 12.0 Å². The number of carboxylic acid groups (broad SMARTS) is 1. The Morgan fingerprint density at radius 3 is 2.60 bits per heavy atom. The van der Waals surface area contributed by atoms with Crippen molar-refractivity contribution in [2.24, 2.45) is 14.1 Å². The lowest BCUT2D eigenvalue weighted by molar-refractivity contribution is -0.139. The van der Waals surface area contributed by atoms with Crippen molar-refractivity contribution in [1.29, 1.82) is 0 Å². The van der Waals surface area contributed by atoms with E-state index in [0.29, 0.717) is 5.56 Å². The summed E-state index contributed by atoms with van der Waals surface area (Å²) in [7, 11) is 3.25. The van der Waals surface area contributed by atoms with Crippen LogP contribution < -0.4 is 10.6 Å². The highest BCUT2D eigenvalue weighted by atomic mass is 16.4. The predicted octanol–water partition coefficient (Wildman–Crippen LogP) is -0.504. The van der Waals surface area contributed by atoms with E-state index in [1.165, 1.54) is 28.1 Å². The van der Waals surface area contributed by atoms with Gasteiger partial charge in [0, 0.05) is 25.9 Å². The zero-order valence-electron chi connectivity index (χ0n) is 10.8.